The van der Waals surface area contributed by atoms with Crippen molar-refractivity contribution in [2.45, 2.75) is 44.8 Å². The van der Waals surface area contributed by atoms with Gasteiger partial charge in [0, 0.05) is 5.56 Å². The first-order valence-electron chi connectivity index (χ1n) is 6.79. The van der Waals surface area contributed by atoms with Gasteiger partial charge in [0.2, 0.25) is 0 Å². The molecule has 2 rings (SSSR count). The molecule has 0 aliphatic carbocycles. The van der Waals surface area contributed by atoms with Crippen LogP contribution in [0, 0.1) is 5.92 Å². The van der Waals surface area contributed by atoms with Gasteiger partial charge in [0.05, 0.1) is 4.75 Å². The van der Waals surface area contributed by atoms with Gasteiger partial charge in [0.15, 0.2) is 5.78 Å². The maximum Gasteiger partial charge on any atom is 0.178 e. The Hall–Kier alpha value is -0.760. The molecule has 1 unspecified atom stereocenters. The van der Waals surface area contributed by atoms with Gasteiger partial charge in [-0.25, -0.2) is 0 Å². The highest BCUT2D eigenvalue weighted by Crippen LogP contribution is 2.40. The summed E-state index contributed by atoms with van der Waals surface area (Å²) in [5, 5.41) is 0. The Morgan fingerprint density at radius 1 is 1.44 bits per heavy atom. The predicted molar refractivity (Wildman–Crippen MR) is 79.4 cm³/mol. The van der Waals surface area contributed by atoms with E-state index in [9.17, 15) is 4.79 Å². The zero-order valence-corrected chi connectivity index (χ0v) is 12.3. The first kappa shape index (κ1) is 13.7. The summed E-state index contributed by atoms with van der Waals surface area (Å²) in [6.07, 6.45) is 3.23. The summed E-state index contributed by atoms with van der Waals surface area (Å²) in [6.45, 7) is 6.52. The topological polar surface area (TPSA) is 17.1 Å². The lowest BCUT2D eigenvalue weighted by molar-refractivity contribution is 0.0949. The molecule has 1 nitrogen and oxygen atoms in total. The minimum Gasteiger partial charge on any atom is -0.293 e. The molecule has 1 aliphatic heterocycles. The lowest BCUT2D eigenvalue weighted by Crippen LogP contribution is -2.28. The zero-order valence-electron chi connectivity index (χ0n) is 11.5. The van der Waals surface area contributed by atoms with Crippen LogP contribution in [0.5, 0.6) is 0 Å². The van der Waals surface area contributed by atoms with Crippen LogP contribution in [-0.4, -0.2) is 16.3 Å². The second-order valence-electron chi connectivity index (χ2n) is 5.81. The van der Waals surface area contributed by atoms with Crippen molar-refractivity contribution in [3.63, 3.8) is 0 Å². The minimum absolute atomic E-state index is 0.184. The Bertz CT molecular complexity index is 430. The number of ketones is 1. The third kappa shape index (κ3) is 2.97. The Morgan fingerprint density at radius 3 is 2.83 bits per heavy atom. The standard InChI is InChI=1S/C16H22OS/c1-12(2)10-13-6-4-7-14(11-13)15(17)16(3)8-5-9-18-16/h4,6-7,11-12H,5,8-10H2,1-3H3. The Morgan fingerprint density at radius 2 is 2.22 bits per heavy atom. The zero-order chi connectivity index (χ0) is 13.2. The molecule has 18 heavy (non-hydrogen) atoms. The van der Waals surface area contributed by atoms with E-state index in [1.54, 1.807) is 0 Å². The number of benzene rings is 1. The molecule has 1 atom stereocenters. The second-order valence-corrected chi connectivity index (χ2v) is 7.41. The van der Waals surface area contributed by atoms with Crippen molar-refractivity contribution in [3.8, 4) is 0 Å². The van der Waals surface area contributed by atoms with Gasteiger partial charge in [-0.2, -0.15) is 0 Å². The van der Waals surface area contributed by atoms with Crippen LogP contribution in [-0.2, 0) is 6.42 Å². The molecule has 0 amide bonds. The van der Waals surface area contributed by atoms with Crippen molar-refractivity contribution < 1.29 is 4.79 Å². The SMILES string of the molecule is CC(C)Cc1cccc(C(=O)C2(C)CCCS2)c1. The van der Waals surface area contributed by atoms with E-state index in [-0.39, 0.29) is 4.75 Å². The van der Waals surface area contributed by atoms with Crippen LogP contribution in [0.15, 0.2) is 24.3 Å². The lowest BCUT2D eigenvalue weighted by atomic mass is 9.92. The molecule has 0 N–H and O–H groups in total. The van der Waals surface area contributed by atoms with Gasteiger partial charge < -0.3 is 0 Å². The van der Waals surface area contributed by atoms with Crippen molar-refractivity contribution in [1.29, 1.82) is 0 Å². The molecule has 1 aliphatic rings. The van der Waals surface area contributed by atoms with Crippen molar-refractivity contribution >= 4 is 17.5 Å². The van der Waals surface area contributed by atoms with Crippen LogP contribution >= 0.6 is 11.8 Å². The lowest BCUT2D eigenvalue weighted by Gasteiger charge is -2.21. The van der Waals surface area contributed by atoms with Gasteiger partial charge >= 0.3 is 0 Å². The third-order valence-corrected chi connectivity index (χ3v) is 5.05. The van der Waals surface area contributed by atoms with Gasteiger partial charge in [-0.3, -0.25) is 4.79 Å². The Kier molecular flexibility index (Phi) is 4.16. The van der Waals surface area contributed by atoms with E-state index >= 15 is 0 Å². The fraction of sp³-hybridized carbons (Fsp3) is 0.562. The fourth-order valence-corrected chi connectivity index (χ4v) is 3.85. The van der Waals surface area contributed by atoms with E-state index in [0.717, 1.165) is 24.2 Å². The van der Waals surface area contributed by atoms with Crippen LogP contribution < -0.4 is 0 Å². The molecule has 1 aromatic carbocycles. The monoisotopic (exact) mass is 262 g/mol. The summed E-state index contributed by atoms with van der Waals surface area (Å²) >= 11 is 1.82. The van der Waals surface area contributed by atoms with E-state index in [1.807, 2.05) is 23.9 Å². The van der Waals surface area contributed by atoms with E-state index < -0.39 is 0 Å². The Labute approximate surface area is 114 Å². The molecule has 0 aromatic heterocycles. The summed E-state index contributed by atoms with van der Waals surface area (Å²) in [5.74, 6) is 2.07. The highest BCUT2D eigenvalue weighted by molar-refractivity contribution is 8.01. The number of carbonyl (C=O) groups is 1. The average Bonchev–Trinajstić information content (AvgIpc) is 2.76. The van der Waals surface area contributed by atoms with Crippen LogP contribution in [0.2, 0.25) is 0 Å². The second kappa shape index (κ2) is 5.48. The average molecular weight is 262 g/mol. The van der Waals surface area contributed by atoms with Gasteiger partial charge in [-0.05, 0) is 49.5 Å². The first-order chi connectivity index (χ1) is 8.51. The molecule has 1 heterocycles. The van der Waals surface area contributed by atoms with Gasteiger partial charge in [0.25, 0.3) is 0 Å². The third-order valence-electron chi connectivity index (χ3n) is 3.53. The molecular formula is C16H22OS. The minimum atomic E-state index is -0.184. The summed E-state index contributed by atoms with van der Waals surface area (Å²) in [7, 11) is 0. The number of carbonyl (C=O) groups excluding carboxylic acids is 1. The summed E-state index contributed by atoms with van der Waals surface area (Å²) in [6, 6.07) is 8.21. The van der Waals surface area contributed by atoms with Gasteiger partial charge in [0.1, 0.15) is 0 Å². The number of thioether (sulfide) groups is 1. The predicted octanol–water partition coefficient (Wildman–Crippen LogP) is 4.35. The van der Waals surface area contributed by atoms with Gasteiger partial charge in [-0.15, -0.1) is 11.8 Å². The number of hydrogen-bond donors (Lipinski definition) is 0. The molecule has 0 spiro atoms. The normalized spacial score (nSPS) is 23.6. The van der Waals surface area contributed by atoms with Crippen LogP contribution in [0.3, 0.4) is 0 Å². The fourth-order valence-electron chi connectivity index (χ4n) is 2.57. The first-order valence-corrected chi connectivity index (χ1v) is 7.77. The van der Waals surface area contributed by atoms with E-state index in [4.69, 9.17) is 0 Å². The molecule has 1 fully saturated rings. The molecule has 0 radical (unpaired) electrons. The molecular weight excluding hydrogens is 240 g/mol. The molecule has 98 valence electrons. The van der Waals surface area contributed by atoms with Crippen LogP contribution in [0.25, 0.3) is 0 Å². The maximum atomic E-state index is 12.6. The number of rotatable bonds is 4. The van der Waals surface area contributed by atoms with Gasteiger partial charge in [-0.1, -0.05) is 32.0 Å². The van der Waals surface area contributed by atoms with Crippen molar-refractivity contribution in [1.82, 2.24) is 0 Å². The molecule has 2 heteroatoms. The number of hydrogen-bond acceptors (Lipinski definition) is 2. The van der Waals surface area contributed by atoms with E-state index in [0.29, 0.717) is 11.7 Å². The van der Waals surface area contributed by atoms with Crippen molar-refractivity contribution in [2.24, 2.45) is 5.92 Å². The maximum absolute atomic E-state index is 12.6. The van der Waals surface area contributed by atoms with E-state index in [1.165, 1.54) is 12.0 Å². The molecule has 1 saturated heterocycles. The van der Waals surface area contributed by atoms with Crippen LogP contribution in [0.4, 0.5) is 0 Å². The van der Waals surface area contributed by atoms with E-state index in [2.05, 4.69) is 32.9 Å². The largest absolute Gasteiger partial charge is 0.293 e. The highest BCUT2D eigenvalue weighted by Gasteiger charge is 2.37. The quantitative estimate of drug-likeness (QED) is 0.750. The molecule has 0 bridgehead atoms. The summed E-state index contributed by atoms with van der Waals surface area (Å²) in [4.78, 5) is 12.6. The number of Topliss-reactive ketones (excluding diaryl/α,β-unsaturated/α-hetero) is 1. The molecule has 1 aromatic rings. The Balaban J connectivity index is 2.20. The smallest absolute Gasteiger partial charge is 0.178 e. The van der Waals surface area contributed by atoms with Crippen LogP contribution in [0.1, 0.15) is 49.5 Å². The van der Waals surface area contributed by atoms with Crippen molar-refractivity contribution in [2.75, 3.05) is 5.75 Å². The van der Waals surface area contributed by atoms with Crippen molar-refractivity contribution in [3.05, 3.63) is 35.4 Å². The molecule has 0 saturated carbocycles. The summed E-state index contributed by atoms with van der Waals surface area (Å²) in [5.41, 5.74) is 2.17. The highest BCUT2D eigenvalue weighted by atomic mass is 32.2. The summed E-state index contributed by atoms with van der Waals surface area (Å²) < 4.78 is -0.184.